The monoisotopic (exact) mass is 301 g/mol. The third-order valence-electron chi connectivity index (χ3n) is 2.65. The number of carbonyl (C=O) groups is 1. The fraction of sp³-hybridized carbons (Fsp3) is 0. The highest BCUT2D eigenvalue weighted by atomic mass is 32.1. The first-order valence-corrected chi connectivity index (χ1v) is 7.56. The van der Waals surface area contributed by atoms with E-state index in [1.54, 1.807) is 23.5 Å². The zero-order valence-corrected chi connectivity index (χ0v) is 11.8. The number of rotatable bonds is 4. The molecule has 0 unspecified atom stereocenters. The molecule has 2 heterocycles. The van der Waals surface area contributed by atoms with Gasteiger partial charge in [0, 0.05) is 11.1 Å². The van der Waals surface area contributed by atoms with E-state index >= 15 is 0 Å². The fourth-order valence-corrected chi connectivity index (χ4v) is 3.17. The van der Waals surface area contributed by atoms with Crippen molar-refractivity contribution >= 4 is 39.5 Å². The maximum Gasteiger partial charge on any atom is 0.187 e. The summed E-state index contributed by atoms with van der Waals surface area (Å²) in [6, 6.07) is 10.4. The van der Waals surface area contributed by atoms with Gasteiger partial charge in [0.15, 0.2) is 5.13 Å². The number of thiazole rings is 1. The van der Waals surface area contributed by atoms with Crippen LogP contribution in [0.3, 0.4) is 0 Å². The molecule has 0 spiro atoms. The molecule has 6 heteroatoms. The lowest BCUT2D eigenvalue weighted by Gasteiger charge is -2.05. The Morgan fingerprint density at radius 3 is 2.60 bits per heavy atom. The average molecular weight is 301 g/mol. The summed E-state index contributed by atoms with van der Waals surface area (Å²) < 4.78 is 0. The number of hydrogen-bond acceptors (Lipinski definition) is 6. The van der Waals surface area contributed by atoms with Crippen LogP contribution >= 0.6 is 22.7 Å². The lowest BCUT2D eigenvalue weighted by molar-refractivity contribution is -0.255. The molecule has 1 aromatic carbocycles. The number of carboxylic acids is 1. The van der Waals surface area contributed by atoms with Crippen molar-refractivity contribution in [3.8, 4) is 10.6 Å². The van der Waals surface area contributed by atoms with Crippen LogP contribution in [0.5, 0.6) is 0 Å². The molecule has 0 atom stereocenters. The molecule has 0 aliphatic carbocycles. The van der Waals surface area contributed by atoms with Crippen molar-refractivity contribution in [1.29, 1.82) is 0 Å². The standard InChI is InChI=1S/C14H10N2O2S2/c17-13(18)9-3-5-10(6-4-9)15-14-16-11(8-20-14)12-2-1-7-19-12/h1-8H,(H,15,16)(H,17,18)/p-1. The number of benzene rings is 1. The van der Waals surface area contributed by atoms with Gasteiger partial charge in [-0.05, 0) is 29.1 Å². The Morgan fingerprint density at radius 1 is 1.15 bits per heavy atom. The molecule has 3 rings (SSSR count). The quantitative estimate of drug-likeness (QED) is 0.804. The molecule has 1 N–H and O–H groups in total. The maximum atomic E-state index is 10.7. The Balaban J connectivity index is 1.76. The first-order valence-electron chi connectivity index (χ1n) is 5.80. The Morgan fingerprint density at radius 2 is 1.95 bits per heavy atom. The van der Waals surface area contributed by atoms with E-state index in [0.29, 0.717) is 0 Å². The fourth-order valence-electron chi connectivity index (χ4n) is 1.68. The van der Waals surface area contributed by atoms with E-state index in [0.717, 1.165) is 21.4 Å². The number of carboxylic acid groups (broad SMARTS) is 1. The topological polar surface area (TPSA) is 65.0 Å². The van der Waals surface area contributed by atoms with Crippen LogP contribution in [0.2, 0.25) is 0 Å². The molecule has 0 fully saturated rings. The van der Waals surface area contributed by atoms with Crippen molar-refractivity contribution in [2.24, 2.45) is 0 Å². The molecule has 100 valence electrons. The van der Waals surface area contributed by atoms with Gasteiger partial charge in [-0.3, -0.25) is 0 Å². The number of aromatic nitrogens is 1. The molecule has 20 heavy (non-hydrogen) atoms. The Labute approximate surface area is 123 Å². The lowest BCUT2D eigenvalue weighted by Crippen LogP contribution is -2.21. The van der Waals surface area contributed by atoms with Gasteiger partial charge in [-0.1, -0.05) is 18.2 Å². The highest BCUT2D eigenvalue weighted by Gasteiger charge is 2.05. The Hall–Kier alpha value is -2.18. The summed E-state index contributed by atoms with van der Waals surface area (Å²) in [5.41, 5.74) is 1.90. The molecule has 0 radical (unpaired) electrons. The number of anilines is 2. The average Bonchev–Trinajstić information content (AvgIpc) is 3.09. The molecule has 0 amide bonds. The van der Waals surface area contributed by atoms with Gasteiger partial charge >= 0.3 is 0 Å². The first-order chi connectivity index (χ1) is 9.72. The van der Waals surface area contributed by atoms with Crippen LogP contribution in [-0.2, 0) is 0 Å². The number of nitrogens with zero attached hydrogens (tertiary/aromatic N) is 1. The number of thiophene rings is 1. The summed E-state index contributed by atoms with van der Waals surface area (Å²) in [6.45, 7) is 0. The second-order valence-corrected chi connectivity index (χ2v) is 5.81. The minimum atomic E-state index is -1.18. The predicted molar refractivity (Wildman–Crippen MR) is 79.5 cm³/mol. The molecule has 4 nitrogen and oxygen atoms in total. The highest BCUT2D eigenvalue weighted by molar-refractivity contribution is 7.16. The van der Waals surface area contributed by atoms with Crippen LogP contribution in [0.1, 0.15) is 10.4 Å². The first kappa shape index (κ1) is 12.8. The summed E-state index contributed by atoms with van der Waals surface area (Å²) in [7, 11) is 0. The number of aromatic carboxylic acids is 1. The van der Waals surface area contributed by atoms with Gasteiger partial charge < -0.3 is 15.2 Å². The van der Waals surface area contributed by atoms with Crippen LogP contribution in [0.15, 0.2) is 47.2 Å². The van der Waals surface area contributed by atoms with Crippen LogP contribution in [0, 0.1) is 0 Å². The zero-order valence-electron chi connectivity index (χ0n) is 10.2. The summed E-state index contributed by atoms with van der Waals surface area (Å²) >= 11 is 3.15. The Bertz CT molecular complexity index is 718. The number of nitrogens with one attached hydrogen (secondary N) is 1. The molecule has 0 saturated carbocycles. The largest absolute Gasteiger partial charge is 0.545 e. The lowest BCUT2D eigenvalue weighted by atomic mass is 10.2. The van der Waals surface area contributed by atoms with Gasteiger partial charge in [-0.15, -0.1) is 22.7 Å². The SMILES string of the molecule is O=C([O-])c1ccc(Nc2nc(-c3cccs3)cs2)cc1. The van der Waals surface area contributed by atoms with E-state index in [2.05, 4.69) is 10.3 Å². The van der Waals surface area contributed by atoms with E-state index < -0.39 is 5.97 Å². The predicted octanol–water partition coefficient (Wildman–Crippen LogP) is 2.98. The third-order valence-corrected chi connectivity index (χ3v) is 4.30. The molecule has 2 aromatic heterocycles. The second-order valence-electron chi connectivity index (χ2n) is 4.01. The van der Waals surface area contributed by atoms with Gasteiger partial charge in [0.2, 0.25) is 0 Å². The summed E-state index contributed by atoms with van der Waals surface area (Å²) in [5, 5.41) is 18.6. The van der Waals surface area contributed by atoms with Crippen LogP contribution < -0.4 is 10.4 Å². The third kappa shape index (κ3) is 2.71. The molecule has 3 aromatic rings. The summed E-state index contributed by atoms with van der Waals surface area (Å²) in [5.74, 6) is -1.18. The van der Waals surface area contributed by atoms with Crippen LogP contribution in [0.25, 0.3) is 10.6 Å². The summed E-state index contributed by atoms with van der Waals surface area (Å²) in [6.07, 6.45) is 0. The minimum Gasteiger partial charge on any atom is -0.545 e. The van der Waals surface area contributed by atoms with Gasteiger partial charge in [-0.2, -0.15) is 0 Å². The van der Waals surface area contributed by atoms with Crippen LogP contribution in [0.4, 0.5) is 10.8 Å². The molecule has 0 saturated heterocycles. The van der Waals surface area contributed by atoms with Crippen molar-refractivity contribution in [2.45, 2.75) is 0 Å². The van der Waals surface area contributed by atoms with Gasteiger partial charge in [0.1, 0.15) is 0 Å². The van der Waals surface area contributed by atoms with Crippen LogP contribution in [-0.4, -0.2) is 11.0 Å². The van der Waals surface area contributed by atoms with Crippen molar-refractivity contribution in [3.63, 3.8) is 0 Å². The molecule has 0 bridgehead atoms. The molecule has 0 aliphatic heterocycles. The van der Waals surface area contributed by atoms with Crippen molar-refractivity contribution in [1.82, 2.24) is 4.98 Å². The molecule has 0 aliphatic rings. The Kier molecular flexibility index (Phi) is 3.49. The number of hydrogen-bond donors (Lipinski definition) is 1. The minimum absolute atomic E-state index is 0.161. The second kappa shape index (κ2) is 5.44. The van der Waals surface area contributed by atoms with Gasteiger partial charge in [-0.25, -0.2) is 4.98 Å². The summed E-state index contributed by atoms with van der Waals surface area (Å²) in [4.78, 5) is 16.3. The molecular formula is C14H9N2O2S2-. The maximum absolute atomic E-state index is 10.7. The van der Waals surface area contributed by atoms with Crippen molar-refractivity contribution in [2.75, 3.05) is 5.32 Å². The van der Waals surface area contributed by atoms with E-state index in [1.807, 2.05) is 22.9 Å². The zero-order chi connectivity index (χ0) is 13.9. The number of carbonyl (C=O) groups excluding carboxylic acids is 1. The van der Waals surface area contributed by atoms with E-state index in [-0.39, 0.29) is 5.56 Å². The van der Waals surface area contributed by atoms with E-state index in [9.17, 15) is 9.90 Å². The smallest absolute Gasteiger partial charge is 0.187 e. The van der Waals surface area contributed by atoms with Gasteiger partial charge in [0.25, 0.3) is 0 Å². The van der Waals surface area contributed by atoms with E-state index in [4.69, 9.17) is 0 Å². The van der Waals surface area contributed by atoms with Crippen molar-refractivity contribution in [3.05, 3.63) is 52.7 Å². The van der Waals surface area contributed by atoms with E-state index in [1.165, 1.54) is 23.5 Å². The highest BCUT2D eigenvalue weighted by Crippen LogP contribution is 2.29. The molecular weight excluding hydrogens is 292 g/mol. The van der Waals surface area contributed by atoms with Crippen molar-refractivity contribution < 1.29 is 9.90 Å². The van der Waals surface area contributed by atoms with Gasteiger partial charge in [0.05, 0.1) is 16.5 Å². The normalized spacial score (nSPS) is 10.4.